The first-order valence-corrected chi connectivity index (χ1v) is 2.52. The quantitative estimate of drug-likeness (QED) is 0.459. The first-order valence-electron chi connectivity index (χ1n) is 2.52. The van der Waals surface area contributed by atoms with E-state index in [0.29, 0.717) is 6.42 Å². The van der Waals surface area contributed by atoms with E-state index in [1.807, 2.05) is 0 Å². The number of carbonyl (C=O) groups is 1. The molecule has 0 aromatic heterocycles. The molecule has 48 valence electrons. The maximum atomic E-state index is 10.0. The molecule has 3 heteroatoms. The number of allylic oxidation sites excluding steroid dienone is 1. The topological polar surface area (TPSA) is 37.3 Å². The molecule has 0 aliphatic rings. The summed E-state index contributed by atoms with van der Waals surface area (Å²) in [4.78, 5) is 10.0. The van der Waals surface area contributed by atoms with Crippen LogP contribution in [0.5, 0.6) is 0 Å². The summed E-state index contributed by atoms with van der Waals surface area (Å²) in [6, 6.07) is 0. The normalized spacial score (nSPS) is 11.2. The van der Waals surface area contributed by atoms with E-state index in [0.717, 1.165) is 0 Å². The Kier molecular flexibility index (Phi) is 8.40. The Morgan fingerprint density at radius 3 is 2.44 bits per heavy atom. The molecule has 2 nitrogen and oxygen atoms in total. The van der Waals surface area contributed by atoms with Gasteiger partial charge in [-0.15, -0.1) is 6.58 Å². The fraction of sp³-hybridized carbons (Fsp3) is 0.500. The van der Waals surface area contributed by atoms with E-state index in [-0.39, 0.29) is 35.5 Å². The van der Waals surface area contributed by atoms with Crippen molar-refractivity contribution in [1.29, 1.82) is 0 Å². The predicted molar refractivity (Wildman–Crippen MR) is 38.8 cm³/mol. The molecule has 0 rings (SSSR count). The summed E-state index contributed by atoms with van der Waals surface area (Å²) >= 11 is 0. The van der Waals surface area contributed by atoms with Crippen LogP contribution in [0.2, 0.25) is 0 Å². The predicted octanol–water partition coefficient (Wildman–Crippen LogP) is 0.635. The van der Waals surface area contributed by atoms with Crippen molar-refractivity contribution in [3.63, 3.8) is 0 Å². The van der Waals surface area contributed by atoms with Gasteiger partial charge in [0.2, 0.25) is 0 Å². The average Bonchev–Trinajstić information content (AvgIpc) is 1.67. The Morgan fingerprint density at radius 1 is 1.89 bits per heavy atom. The van der Waals surface area contributed by atoms with Gasteiger partial charge in [-0.2, -0.15) is 0 Å². The van der Waals surface area contributed by atoms with Crippen molar-refractivity contribution in [2.45, 2.75) is 13.3 Å². The molecule has 0 saturated heterocycles. The SMILES string of the molecule is C=CCC(C)C(=O)O.[NaH]. The summed E-state index contributed by atoms with van der Waals surface area (Å²) in [5.41, 5.74) is 0. The van der Waals surface area contributed by atoms with Gasteiger partial charge in [-0.05, 0) is 6.42 Å². The third kappa shape index (κ3) is 6.09. The van der Waals surface area contributed by atoms with E-state index >= 15 is 0 Å². The molecule has 0 spiro atoms. The van der Waals surface area contributed by atoms with Crippen molar-refractivity contribution in [2.75, 3.05) is 0 Å². The first kappa shape index (κ1) is 11.9. The molecule has 0 aromatic rings. The molecule has 0 radical (unpaired) electrons. The molecular weight excluding hydrogens is 127 g/mol. The zero-order chi connectivity index (χ0) is 6.57. The van der Waals surface area contributed by atoms with Crippen LogP contribution < -0.4 is 0 Å². The van der Waals surface area contributed by atoms with Gasteiger partial charge in [0.05, 0.1) is 5.92 Å². The van der Waals surface area contributed by atoms with Crippen molar-refractivity contribution >= 4 is 35.5 Å². The second kappa shape index (κ2) is 6.33. The molecule has 0 aliphatic carbocycles. The Morgan fingerprint density at radius 2 is 2.33 bits per heavy atom. The van der Waals surface area contributed by atoms with Crippen LogP contribution in [0.4, 0.5) is 0 Å². The van der Waals surface area contributed by atoms with Crippen LogP contribution in [0.15, 0.2) is 12.7 Å². The van der Waals surface area contributed by atoms with Gasteiger partial charge in [0.1, 0.15) is 0 Å². The van der Waals surface area contributed by atoms with Crippen molar-refractivity contribution < 1.29 is 9.90 Å². The second-order valence-corrected chi connectivity index (χ2v) is 1.76. The summed E-state index contributed by atoms with van der Waals surface area (Å²) in [5.74, 6) is -1.04. The van der Waals surface area contributed by atoms with Gasteiger partial charge in [0, 0.05) is 0 Å². The molecular formula is C6H11NaO2. The summed E-state index contributed by atoms with van der Waals surface area (Å²) in [6.45, 7) is 5.08. The number of hydrogen-bond donors (Lipinski definition) is 1. The van der Waals surface area contributed by atoms with Crippen molar-refractivity contribution in [1.82, 2.24) is 0 Å². The van der Waals surface area contributed by atoms with Gasteiger partial charge >= 0.3 is 35.5 Å². The Labute approximate surface area is 77.2 Å². The molecule has 0 aromatic carbocycles. The Balaban J connectivity index is 0. The standard InChI is InChI=1S/C6H10O2.Na.H/c1-3-4-5(2)6(7)8;;/h3,5H,1,4H2,2H3,(H,7,8);;. The van der Waals surface area contributed by atoms with Crippen molar-refractivity contribution in [3.05, 3.63) is 12.7 Å². The van der Waals surface area contributed by atoms with E-state index in [2.05, 4.69) is 6.58 Å². The number of carboxylic acid groups (broad SMARTS) is 1. The molecule has 0 saturated carbocycles. The molecule has 0 fully saturated rings. The van der Waals surface area contributed by atoms with Gasteiger partial charge in [-0.3, -0.25) is 4.79 Å². The van der Waals surface area contributed by atoms with Crippen LogP contribution >= 0.6 is 0 Å². The number of hydrogen-bond acceptors (Lipinski definition) is 1. The molecule has 0 heterocycles. The van der Waals surface area contributed by atoms with Crippen molar-refractivity contribution in [3.8, 4) is 0 Å². The summed E-state index contributed by atoms with van der Waals surface area (Å²) < 4.78 is 0. The van der Waals surface area contributed by atoms with E-state index in [1.165, 1.54) is 0 Å². The molecule has 1 N–H and O–H groups in total. The molecule has 0 bridgehead atoms. The summed E-state index contributed by atoms with van der Waals surface area (Å²) in [7, 11) is 0. The molecule has 9 heavy (non-hydrogen) atoms. The zero-order valence-electron chi connectivity index (χ0n) is 4.92. The number of rotatable bonds is 3. The maximum absolute atomic E-state index is 10.0. The van der Waals surface area contributed by atoms with Crippen LogP contribution in [-0.2, 0) is 4.79 Å². The van der Waals surface area contributed by atoms with Crippen LogP contribution in [-0.4, -0.2) is 40.6 Å². The Bertz CT molecular complexity index is 101. The Hall–Kier alpha value is 0.210. The van der Waals surface area contributed by atoms with E-state index in [1.54, 1.807) is 13.0 Å². The van der Waals surface area contributed by atoms with Gasteiger partial charge in [0.25, 0.3) is 0 Å². The molecule has 1 atom stereocenters. The van der Waals surface area contributed by atoms with E-state index in [4.69, 9.17) is 5.11 Å². The van der Waals surface area contributed by atoms with Gasteiger partial charge in [-0.25, -0.2) is 0 Å². The van der Waals surface area contributed by atoms with Crippen molar-refractivity contribution in [2.24, 2.45) is 5.92 Å². The molecule has 1 unspecified atom stereocenters. The first-order chi connectivity index (χ1) is 3.68. The average molecular weight is 138 g/mol. The van der Waals surface area contributed by atoms with Gasteiger partial charge in [0.15, 0.2) is 0 Å². The minimum absolute atomic E-state index is 0. The summed E-state index contributed by atoms with van der Waals surface area (Å²) in [6.07, 6.45) is 2.16. The second-order valence-electron chi connectivity index (χ2n) is 1.76. The number of aliphatic carboxylic acids is 1. The van der Waals surface area contributed by atoms with Crippen LogP contribution in [0.3, 0.4) is 0 Å². The molecule has 0 aliphatic heterocycles. The van der Waals surface area contributed by atoms with Crippen LogP contribution in [0, 0.1) is 5.92 Å². The van der Waals surface area contributed by atoms with Crippen LogP contribution in [0.1, 0.15) is 13.3 Å². The molecule has 0 amide bonds. The fourth-order valence-electron chi connectivity index (χ4n) is 0.351. The van der Waals surface area contributed by atoms with Crippen LogP contribution in [0.25, 0.3) is 0 Å². The van der Waals surface area contributed by atoms with Gasteiger partial charge in [-0.1, -0.05) is 13.0 Å². The third-order valence-corrected chi connectivity index (χ3v) is 0.942. The monoisotopic (exact) mass is 138 g/mol. The van der Waals surface area contributed by atoms with Gasteiger partial charge < -0.3 is 5.11 Å². The minimum atomic E-state index is -0.759. The zero-order valence-corrected chi connectivity index (χ0v) is 4.92. The van der Waals surface area contributed by atoms with E-state index < -0.39 is 5.97 Å². The third-order valence-electron chi connectivity index (χ3n) is 0.942. The number of carboxylic acids is 1. The fourth-order valence-corrected chi connectivity index (χ4v) is 0.351. The summed E-state index contributed by atoms with van der Waals surface area (Å²) in [5, 5.41) is 8.27. The van der Waals surface area contributed by atoms with E-state index in [9.17, 15) is 4.79 Å².